The van der Waals surface area contributed by atoms with Gasteiger partial charge in [0.05, 0.1) is 6.10 Å². The number of ether oxygens (including phenoxy) is 2. The molecule has 0 bridgehead atoms. The van der Waals surface area contributed by atoms with Crippen LogP contribution in [-0.4, -0.2) is 51.8 Å². The lowest BCUT2D eigenvalue weighted by Gasteiger charge is -2.12. The van der Waals surface area contributed by atoms with Crippen molar-refractivity contribution < 1.29 is 19.1 Å². The second-order valence-corrected chi connectivity index (χ2v) is 6.17. The fourth-order valence-corrected chi connectivity index (χ4v) is 2.47. The molecular weight excluding hydrogens is 334 g/mol. The van der Waals surface area contributed by atoms with Crippen LogP contribution >= 0.6 is 0 Å². The van der Waals surface area contributed by atoms with E-state index >= 15 is 0 Å². The van der Waals surface area contributed by atoms with Crippen molar-refractivity contribution in [2.75, 3.05) is 38.8 Å². The minimum atomic E-state index is -0.823. The summed E-state index contributed by atoms with van der Waals surface area (Å²) in [5.41, 5.74) is 1.55. The van der Waals surface area contributed by atoms with Gasteiger partial charge < -0.3 is 19.7 Å². The number of amides is 1. The first kappa shape index (κ1) is 19.5. The first-order valence-electron chi connectivity index (χ1n) is 8.44. The van der Waals surface area contributed by atoms with Gasteiger partial charge in [-0.1, -0.05) is 12.1 Å². The number of esters is 1. The molecule has 1 amide bonds. The van der Waals surface area contributed by atoms with Crippen LogP contribution in [0.2, 0.25) is 0 Å². The number of anilines is 1. The predicted molar refractivity (Wildman–Crippen MR) is 97.3 cm³/mol. The fraction of sp³-hybridized carbons (Fsp3) is 0.421. The number of nitriles is 1. The summed E-state index contributed by atoms with van der Waals surface area (Å²) in [6.07, 6.45) is 3.36. The lowest BCUT2D eigenvalue weighted by Crippen LogP contribution is -2.34. The minimum Gasteiger partial charge on any atom is -0.451 e. The van der Waals surface area contributed by atoms with Gasteiger partial charge in [0, 0.05) is 32.9 Å². The molecule has 1 atom stereocenters. The maximum absolute atomic E-state index is 12.0. The molecule has 0 aromatic heterocycles. The Bertz CT molecular complexity index is 698. The molecule has 1 saturated heterocycles. The van der Waals surface area contributed by atoms with Crippen molar-refractivity contribution in [2.24, 2.45) is 0 Å². The number of nitrogens with zero attached hydrogens (tertiary/aromatic N) is 2. The number of hydrogen-bond donors (Lipinski definition) is 1. The molecule has 1 heterocycles. The lowest BCUT2D eigenvalue weighted by molar-refractivity contribution is -0.144. The number of carbonyl (C=O) groups excluding carboxylic acids is 2. The highest BCUT2D eigenvalue weighted by Gasteiger charge is 2.17. The first-order chi connectivity index (χ1) is 12.5. The zero-order chi connectivity index (χ0) is 18.9. The molecule has 1 aromatic carbocycles. The Morgan fingerprint density at radius 1 is 1.38 bits per heavy atom. The Balaban J connectivity index is 1.85. The highest BCUT2D eigenvalue weighted by Crippen LogP contribution is 2.15. The van der Waals surface area contributed by atoms with Crippen molar-refractivity contribution in [1.82, 2.24) is 5.32 Å². The number of carbonyl (C=O) groups is 2. The van der Waals surface area contributed by atoms with E-state index in [1.807, 2.05) is 37.2 Å². The van der Waals surface area contributed by atoms with Gasteiger partial charge in [0.2, 0.25) is 0 Å². The van der Waals surface area contributed by atoms with Crippen molar-refractivity contribution in [3.8, 4) is 6.07 Å². The van der Waals surface area contributed by atoms with Gasteiger partial charge in [0.15, 0.2) is 6.61 Å². The van der Waals surface area contributed by atoms with Crippen LogP contribution in [0.4, 0.5) is 5.69 Å². The van der Waals surface area contributed by atoms with Crippen molar-refractivity contribution in [3.63, 3.8) is 0 Å². The van der Waals surface area contributed by atoms with Crippen molar-refractivity contribution >= 4 is 23.6 Å². The van der Waals surface area contributed by atoms with Gasteiger partial charge >= 0.3 is 5.97 Å². The molecule has 7 nitrogen and oxygen atoms in total. The van der Waals surface area contributed by atoms with Crippen LogP contribution in [-0.2, 0) is 19.1 Å². The second kappa shape index (κ2) is 9.59. The highest BCUT2D eigenvalue weighted by atomic mass is 16.5. The van der Waals surface area contributed by atoms with Crippen LogP contribution in [0.25, 0.3) is 6.08 Å². The van der Waals surface area contributed by atoms with Crippen LogP contribution in [0.5, 0.6) is 0 Å². The third-order valence-corrected chi connectivity index (χ3v) is 3.95. The number of benzene rings is 1. The average Bonchev–Trinajstić information content (AvgIpc) is 3.16. The molecule has 1 aromatic rings. The Morgan fingerprint density at radius 3 is 2.69 bits per heavy atom. The van der Waals surface area contributed by atoms with E-state index in [0.717, 1.165) is 18.5 Å². The first-order valence-corrected chi connectivity index (χ1v) is 8.44. The standard InChI is InChI=1S/C19H23N3O4/c1-22(2)16-7-5-14(6-8-16)10-15(11-20)19(24)26-13-18(23)21-12-17-4-3-9-25-17/h5-8,10,17H,3-4,9,12-13H2,1-2H3,(H,21,23)/b15-10+/t17-/m1/s1. The van der Waals surface area contributed by atoms with Crippen LogP contribution in [0, 0.1) is 11.3 Å². The molecule has 138 valence electrons. The van der Waals surface area contributed by atoms with Crippen molar-refractivity contribution in [3.05, 3.63) is 35.4 Å². The van der Waals surface area contributed by atoms with E-state index in [9.17, 15) is 9.59 Å². The summed E-state index contributed by atoms with van der Waals surface area (Å²) in [5, 5.41) is 11.8. The summed E-state index contributed by atoms with van der Waals surface area (Å²) >= 11 is 0. The molecule has 26 heavy (non-hydrogen) atoms. The summed E-state index contributed by atoms with van der Waals surface area (Å²) in [6, 6.07) is 9.17. The second-order valence-electron chi connectivity index (χ2n) is 6.17. The normalized spacial score (nSPS) is 16.7. The zero-order valence-corrected chi connectivity index (χ0v) is 15.0. The largest absolute Gasteiger partial charge is 0.451 e. The van der Waals surface area contributed by atoms with E-state index in [4.69, 9.17) is 14.7 Å². The summed E-state index contributed by atoms with van der Waals surface area (Å²) in [6.45, 7) is 0.682. The van der Waals surface area contributed by atoms with Crippen molar-refractivity contribution in [1.29, 1.82) is 5.26 Å². The van der Waals surface area contributed by atoms with E-state index in [-0.39, 0.29) is 11.7 Å². The molecule has 1 N–H and O–H groups in total. The van der Waals surface area contributed by atoms with Gasteiger partial charge in [-0.25, -0.2) is 4.79 Å². The Labute approximate surface area is 153 Å². The molecule has 0 unspecified atom stereocenters. The number of hydrogen-bond acceptors (Lipinski definition) is 6. The van der Waals surface area contributed by atoms with Gasteiger partial charge in [-0.05, 0) is 36.6 Å². The molecule has 0 radical (unpaired) electrons. The number of nitrogens with one attached hydrogen (secondary N) is 1. The minimum absolute atomic E-state index is 0.0226. The molecule has 0 aliphatic carbocycles. The molecule has 0 saturated carbocycles. The molecule has 1 fully saturated rings. The maximum Gasteiger partial charge on any atom is 0.349 e. The maximum atomic E-state index is 12.0. The summed E-state index contributed by atoms with van der Waals surface area (Å²) in [5.74, 6) is -1.24. The van der Waals surface area contributed by atoms with Gasteiger partial charge in [-0.15, -0.1) is 0 Å². The molecule has 1 aliphatic heterocycles. The summed E-state index contributed by atoms with van der Waals surface area (Å²) < 4.78 is 10.3. The molecule has 0 spiro atoms. The third kappa shape index (κ3) is 5.90. The van der Waals surface area contributed by atoms with Crippen LogP contribution in [0.1, 0.15) is 18.4 Å². The van der Waals surface area contributed by atoms with E-state index < -0.39 is 18.5 Å². The third-order valence-electron chi connectivity index (χ3n) is 3.95. The lowest BCUT2D eigenvalue weighted by atomic mass is 10.1. The average molecular weight is 357 g/mol. The summed E-state index contributed by atoms with van der Waals surface area (Å²) in [7, 11) is 3.85. The van der Waals surface area contributed by atoms with E-state index in [2.05, 4.69) is 5.32 Å². The molecular formula is C19H23N3O4. The van der Waals surface area contributed by atoms with Crippen LogP contribution in [0.15, 0.2) is 29.8 Å². The molecule has 2 rings (SSSR count). The van der Waals surface area contributed by atoms with Gasteiger partial charge in [0.25, 0.3) is 5.91 Å². The van der Waals surface area contributed by atoms with Gasteiger partial charge in [-0.3, -0.25) is 4.79 Å². The van der Waals surface area contributed by atoms with Crippen LogP contribution < -0.4 is 10.2 Å². The highest BCUT2D eigenvalue weighted by molar-refractivity contribution is 5.98. The summed E-state index contributed by atoms with van der Waals surface area (Å²) in [4.78, 5) is 25.7. The predicted octanol–water partition coefficient (Wildman–Crippen LogP) is 1.50. The monoisotopic (exact) mass is 357 g/mol. The topological polar surface area (TPSA) is 91.7 Å². The quantitative estimate of drug-likeness (QED) is 0.452. The molecule has 1 aliphatic rings. The smallest absolute Gasteiger partial charge is 0.349 e. The Kier molecular flexibility index (Phi) is 7.18. The Morgan fingerprint density at radius 2 is 2.12 bits per heavy atom. The van der Waals surface area contributed by atoms with E-state index in [1.165, 1.54) is 6.08 Å². The van der Waals surface area contributed by atoms with Crippen LogP contribution in [0.3, 0.4) is 0 Å². The Hall–Kier alpha value is -2.85. The zero-order valence-electron chi connectivity index (χ0n) is 15.0. The van der Waals surface area contributed by atoms with E-state index in [1.54, 1.807) is 12.1 Å². The molecule has 7 heteroatoms. The van der Waals surface area contributed by atoms with Gasteiger partial charge in [0.1, 0.15) is 11.6 Å². The fourth-order valence-electron chi connectivity index (χ4n) is 2.47. The van der Waals surface area contributed by atoms with E-state index in [0.29, 0.717) is 18.7 Å². The van der Waals surface area contributed by atoms with Gasteiger partial charge in [-0.2, -0.15) is 5.26 Å². The van der Waals surface area contributed by atoms with Crippen molar-refractivity contribution in [2.45, 2.75) is 18.9 Å². The number of rotatable bonds is 7. The SMILES string of the molecule is CN(C)c1ccc(/C=C(\C#N)C(=O)OCC(=O)NC[C@H]2CCCO2)cc1.